The molecule has 1 aromatic carbocycles. The lowest BCUT2D eigenvalue weighted by molar-refractivity contribution is -0.383. The van der Waals surface area contributed by atoms with E-state index in [4.69, 9.17) is 15.0 Å². The molecule has 0 heterocycles. The standard InChI is InChI=1S/C14H16N4O6/c1-3-23-14(24-4-2)12(19)11(17-15)13(20)16-9-7-5-6-8-10(9)18(21)22/h5-8,14H,3-4H2,1-2H3,(H,16,20). The number of ether oxygens (including phenoxy) is 2. The summed E-state index contributed by atoms with van der Waals surface area (Å²) in [6.45, 7) is 3.48. The first-order valence-corrected chi connectivity index (χ1v) is 7.00. The molecule has 0 aliphatic heterocycles. The van der Waals surface area contributed by atoms with Crippen LogP contribution in [0.15, 0.2) is 24.3 Å². The molecule has 0 fully saturated rings. The number of para-hydroxylation sites is 2. The van der Waals surface area contributed by atoms with Crippen molar-refractivity contribution in [1.29, 1.82) is 0 Å². The van der Waals surface area contributed by atoms with E-state index in [0.717, 1.165) is 0 Å². The van der Waals surface area contributed by atoms with E-state index in [9.17, 15) is 19.7 Å². The average Bonchev–Trinajstić information content (AvgIpc) is 2.55. The smallest absolute Gasteiger partial charge is 0.360 e. The fourth-order valence-electron chi connectivity index (χ4n) is 1.74. The van der Waals surface area contributed by atoms with Gasteiger partial charge in [-0.05, 0) is 19.9 Å². The third kappa shape index (κ3) is 4.78. The van der Waals surface area contributed by atoms with Gasteiger partial charge in [-0.25, -0.2) is 0 Å². The highest BCUT2D eigenvalue weighted by molar-refractivity contribution is 6.66. The molecule has 1 rings (SSSR count). The number of anilines is 1. The minimum Gasteiger partial charge on any atom is -0.360 e. The highest BCUT2D eigenvalue weighted by Gasteiger charge is 2.37. The van der Waals surface area contributed by atoms with Crippen molar-refractivity contribution in [3.63, 3.8) is 0 Å². The van der Waals surface area contributed by atoms with E-state index in [1.165, 1.54) is 24.3 Å². The molecule has 0 aliphatic rings. The molecule has 24 heavy (non-hydrogen) atoms. The lowest BCUT2D eigenvalue weighted by atomic mass is 10.2. The van der Waals surface area contributed by atoms with Crippen molar-refractivity contribution in [3.8, 4) is 0 Å². The van der Waals surface area contributed by atoms with E-state index in [0.29, 0.717) is 0 Å². The van der Waals surface area contributed by atoms with Gasteiger partial charge >= 0.3 is 17.4 Å². The highest BCUT2D eigenvalue weighted by Crippen LogP contribution is 2.23. The number of hydrogen-bond acceptors (Lipinski definition) is 6. The van der Waals surface area contributed by atoms with Gasteiger partial charge in [0, 0.05) is 19.3 Å². The molecule has 0 unspecified atom stereocenters. The number of carbonyl (C=O) groups excluding carboxylic acids is 2. The van der Waals surface area contributed by atoms with Crippen LogP contribution < -0.4 is 5.32 Å². The summed E-state index contributed by atoms with van der Waals surface area (Å²) in [5.41, 5.74) is 7.56. The number of rotatable bonds is 9. The Bertz CT molecular complexity index is 678. The van der Waals surface area contributed by atoms with Gasteiger partial charge < -0.3 is 20.3 Å². The molecule has 10 heteroatoms. The Morgan fingerprint density at radius 1 is 1.29 bits per heavy atom. The second kappa shape index (κ2) is 9.26. The zero-order valence-corrected chi connectivity index (χ0v) is 13.1. The van der Waals surface area contributed by atoms with E-state index in [2.05, 4.69) is 10.1 Å². The molecule has 0 atom stereocenters. The summed E-state index contributed by atoms with van der Waals surface area (Å²) >= 11 is 0. The summed E-state index contributed by atoms with van der Waals surface area (Å²) in [6, 6.07) is 5.33. The predicted octanol–water partition coefficient (Wildman–Crippen LogP) is 1.17. The van der Waals surface area contributed by atoms with E-state index < -0.39 is 28.6 Å². The average molecular weight is 336 g/mol. The number of nitrogens with one attached hydrogen (secondary N) is 1. The number of carbonyl (C=O) groups is 2. The molecule has 0 aromatic heterocycles. The molecule has 128 valence electrons. The lowest BCUT2D eigenvalue weighted by Gasteiger charge is -2.13. The molecule has 0 aliphatic carbocycles. The maximum absolute atomic E-state index is 12.2. The minimum absolute atomic E-state index is 0.126. The van der Waals surface area contributed by atoms with Gasteiger partial charge in [0.1, 0.15) is 5.69 Å². The van der Waals surface area contributed by atoms with Gasteiger partial charge in [0.05, 0.1) is 4.92 Å². The van der Waals surface area contributed by atoms with Gasteiger partial charge in [-0.1, -0.05) is 12.1 Å². The molecular formula is C14H16N4O6. The Morgan fingerprint density at radius 2 is 1.88 bits per heavy atom. The van der Waals surface area contributed by atoms with Crippen LogP contribution in [-0.4, -0.2) is 46.6 Å². The Balaban J connectivity index is 3.02. The maximum Gasteiger partial charge on any atom is 0.427 e. The van der Waals surface area contributed by atoms with Gasteiger partial charge in [-0.3, -0.25) is 19.7 Å². The van der Waals surface area contributed by atoms with Crippen molar-refractivity contribution in [2.75, 3.05) is 18.5 Å². The molecule has 0 saturated carbocycles. The van der Waals surface area contributed by atoms with Crippen LogP contribution in [0.5, 0.6) is 0 Å². The number of nitro groups is 1. The van der Waals surface area contributed by atoms with Crippen LogP contribution >= 0.6 is 0 Å². The van der Waals surface area contributed by atoms with Gasteiger partial charge in [0.2, 0.25) is 6.29 Å². The SMILES string of the molecule is CCOC(OCC)C(=O)C(=[N+]=[N-])C(=O)Nc1ccccc1[N+](=O)[O-]. The Labute approximate surface area is 137 Å². The Kier molecular flexibility index (Phi) is 7.37. The molecular weight excluding hydrogens is 320 g/mol. The van der Waals surface area contributed by atoms with E-state index >= 15 is 0 Å². The zero-order valence-electron chi connectivity index (χ0n) is 13.1. The van der Waals surface area contributed by atoms with Crippen LogP contribution in [0.4, 0.5) is 11.4 Å². The second-order valence-electron chi connectivity index (χ2n) is 4.28. The van der Waals surface area contributed by atoms with Gasteiger partial charge in [0.15, 0.2) is 0 Å². The third-order valence-electron chi connectivity index (χ3n) is 2.75. The lowest BCUT2D eigenvalue weighted by Crippen LogP contribution is -2.40. The number of ketones is 1. The maximum atomic E-state index is 12.2. The van der Waals surface area contributed by atoms with Crippen molar-refractivity contribution in [3.05, 3.63) is 39.9 Å². The van der Waals surface area contributed by atoms with Gasteiger partial charge in [0.25, 0.3) is 5.69 Å². The number of amides is 1. The second-order valence-corrected chi connectivity index (χ2v) is 4.28. The van der Waals surface area contributed by atoms with Crippen molar-refractivity contribution in [1.82, 2.24) is 0 Å². The van der Waals surface area contributed by atoms with Crippen LogP contribution in [-0.2, 0) is 19.1 Å². The fourth-order valence-corrected chi connectivity index (χ4v) is 1.74. The number of hydrogen-bond donors (Lipinski definition) is 1. The first-order valence-electron chi connectivity index (χ1n) is 7.00. The first kappa shape index (κ1) is 19.1. The van der Waals surface area contributed by atoms with E-state index in [-0.39, 0.29) is 24.6 Å². The van der Waals surface area contributed by atoms with E-state index in [1.807, 2.05) is 0 Å². The topological polar surface area (TPSA) is 144 Å². The highest BCUT2D eigenvalue weighted by atomic mass is 16.7. The summed E-state index contributed by atoms with van der Waals surface area (Å²) in [5, 5.41) is 13.1. The summed E-state index contributed by atoms with van der Waals surface area (Å²) in [5.74, 6) is -2.13. The molecule has 0 spiro atoms. The molecule has 1 amide bonds. The van der Waals surface area contributed by atoms with Gasteiger partial charge in [-0.2, -0.15) is 4.79 Å². The quantitative estimate of drug-likeness (QED) is 0.136. The monoisotopic (exact) mass is 336 g/mol. The molecule has 1 N–H and O–H groups in total. The third-order valence-corrected chi connectivity index (χ3v) is 2.75. The first-order chi connectivity index (χ1) is 11.5. The van der Waals surface area contributed by atoms with Crippen LogP contribution in [0.3, 0.4) is 0 Å². The van der Waals surface area contributed by atoms with Crippen LogP contribution in [0, 0.1) is 10.1 Å². The fraction of sp³-hybridized carbons (Fsp3) is 0.357. The van der Waals surface area contributed by atoms with Crippen LogP contribution in [0.2, 0.25) is 0 Å². The zero-order chi connectivity index (χ0) is 18.1. The van der Waals surface area contributed by atoms with Crippen molar-refractivity contribution in [2.24, 2.45) is 0 Å². The number of nitrogens with zero attached hydrogens (tertiary/aromatic N) is 3. The normalized spacial score (nSPS) is 10.1. The largest absolute Gasteiger partial charge is 0.427 e. The van der Waals surface area contributed by atoms with Crippen LogP contribution in [0.1, 0.15) is 13.8 Å². The number of Topliss-reactive ketones (excluding diaryl/α,β-unsaturated/α-hetero) is 1. The van der Waals surface area contributed by atoms with Crippen LogP contribution in [0.25, 0.3) is 5.53 Å². The molecule has 10 nitrogen and oxygen atoms in total. The van der Waals surface area contributed by atoms with Crippen molar-refractivity contribution in [2.45, 2.75) is 20.1 Å². The van der Waals surface area contributed by atoms with Gasteiger partial charge in [-0.15, -0.1) is 0 Å². The Hall–Kier alpha value is -2.94. The molecule has 0 bridgehead atoms. The Morgan fingerprint density at radius 3 is 2.38 bits per heavy atom. The van der Waals surface area contributed by atoms with E-state index in [1.54, 1.807) is 13.8 Å². The summed E-state index contributed by atoms with van der Waals surface area (Å²) in [6.07, 6.45) is -1.41. The summed E-state index contributed by atoms with van der Waals surface area (Å²) in [4.78, 5) is 37.2. The molecule has 0 saturated heterocycles. The van der Waals surface area contributed by atoms with Crippen molar-refractivity contribution >= 4 is 28.8 Å². The minimum atomic E-state index is -1.41. The molecule has 1 aromatic rings. The summed E-state index contributed by atoms with van der Waals surface area (Å²) < 4.78 is 10.1. The molecule has 0 radical (unpaired) electrons. The number of benzene rings is 1. The predicted molar refractivity (Wildman–Crippen MR) is 82.4 cm³/mol. The number of nitro benzene ring substituents is 1. The summed E-state index contributed by atoms with van der Waals surface area (Å²) in [7, 11) is 0. The van der Waals surface area contributed by atoms with Crippen molar-refractivity contribution < 1.29 is 28.8 Å².